The zero-order valence-corrected chi connectivity index (χ0v) is 12.8. The first kappa shape index (κ1) is 16.9. The molecule has 1 fully saturated rings. The van der Waals surface area contributed by atoms with Gasteiger partial charge in [0.1, 0.15) is 6.54 Å². The van der Waals surface area contributed by atoms with Crippen molar-refractivity contribution in [1.82, 2.24) is 4.31 Å². The van der Waals surface area contributed by atoms with Gasteiger partial charge in [-0.3, -0.25) is 9.59 Å². The number of sulfonamides is 1. The summed E-state index contributed by atoms with van der Waals surface area (Å²) in [7, 11) is -1.28. The quantitative estimate of drug-likeness (QED) is 0.649. The second-order valence-corrected chi connectivity index (χ2v) is 6.80. The number of rotatable bonds is 6. The van der Waals surface area contributed by atoms with E-state index in [1.807, 2.05) is 0 Å². The lowest BCUT2D eigenvalue weighted by Crippen LogP contribution is -2.44. The van der Waals surface area contributed by atoms with E-state index in [1.165, 1.54) is 14.2 Å². The molecule has 0 saturated heterocycles. The van der Waals surface area contributed by atoms with E-state index in [1.54, 1.807) is 6.92 Å². The van der Waals surface area contributed by atoms with Crippen LogP contribution in [0.4, 0.5) is 0 Å². The zero-order valence-electron chi connectivity index (χ0n) is 12.0. The summed E-state index contributed by atoms with van der Waals surface area (Å²) in [5, 5.41) is -0.820. The van der Waals surface area contributed by atoms with Gasteiger partial charge in [-0.05, 0) is 12.8 Å². The van der Waals surface area contributed by atoms with Crippen molar-refractivity contribution in [2.24, 2.45) is 5.92 Å². The highest BCUT2D eigenvalue weighted by molar-refractivity contribution is 7.89. The molecule has 1 aliphatic rings. The summed E-state index contributed by atoms with van der Waals surface area (Å²) in [6, 6.07) is 0. The Morgan fingerprint density at radius 2 is 1.85 bits per heavy atom. The molecule has 0 heterocycles. The van der Waals surface area contributed by atoms with Crippen molar-refractivity contribution in [2.45, 2.75) is 31.4 Å². The molecule has 0 amide bonds. The Balaban J connectivity index is 2.95. The van der Waals surface area contributed by atoms with E-state index >= 15 is 0 Å². The Labute approximate surface area is 119 Å². The minimum atomic E-state index is -3.73. The lowest BCUT2D eigenvalue weighted by Gasteiger charge is -2.25. The Morgan fingerprint density at radius 1 is 1.20 bits per heavy atom. The third-order valence-electron chi connectivity index (χ3n) is 3.58. The lowest BCUT2D eigenvalue weighted by atomic mass is 10.1. The second-order valence-electron chi connectivity index (χ2n) is 4.65. The molecule has 20 heavy (non-hydrogen) atoms. The predicted molar refractivity (Wildman–Crippen MR) is 71.3 cm³/mol. The van der Waals surface area contributed by atoms with E-state index in [4.69, 9.17) is 0 Å². The molecule has 2 atom stereocenters. The van der Waals surface area contributed by atoms with Gasteiger partial charge in [-0.2, -0.15) is 4.31 Å². The van der Waals surface area contributed by atoms with Crippen LogP contribution in [0.1, 0.15) is 26.2 Å². The normalized spacial score (nSPS) is 22.8. The zero-order chi connectivity index (χ0) is 15.3. The number of hydrogen-bond donors (Lipinski definition) is 0. The van der Waals surface area contributed by atoms with E-state index < -0.39 is 33.1 Å². The van der Waals surface area contributed by atoms with Crippen LogP contribution in [0.5, 0.6) is 0 Å². The summed E-state index contributed by atoms with van der Waals surface area (Å²) in [4.78, 5) is 23.0. The first-order chi connectivity index (χ1) is 9.38. The van der Waals surface area contributed by atoms with Crippen LogP contribution >= 0.6 is 0 Å². The molecule has 0 aromatic carbocycles. The van der Waals surface area contributed by atoms with Crippen LogP contribution in [0.2, 0.25) is 0 Å². The standard InChI is InChI=1S/C12H21NO6S/c1-4-13(8-11(14)18-2)20(16,17)10-7-5-6-9(10)12(15)19-3/h9-10H,4-8H2,1-3H3. The SMILES string of the molecule is CCN(CC(=O)OC)S(=O)(=O)C1CCCC1C(=O)OC. The van der Waals surface area contributed by atoms with Crippen LogP contribution in [-0.4, -0.2) is 57.2 Å². The predicted octanol–water partition coefficient (Wildman–Crippen LogP) is 0.153. The van der Waals surface area contributed by atoms with Crippen molar-refractivity contribution < 1.29 is 27.5 Å². The summed E-state index contributed by atoms with van der Waals surface area (Å²) < 4.78 is 35.3. The topological polar surface area (TPSA) is 90.0 Å². The Bertz CT molecular complexity index is 461. The van der Waals surface area contributed by atoms with Crippen molar-refractivity contribution in [2.75, 3.05) is 27.3 Å². The van der Waals surface area contributed by atoms with Crippen LogP contribution < -0.4 is 0 Å². The maximum absolute atomic E-state index is 12.6. The largest absolute Gasteiger partial charge is 0.469 e. The van der Waals surface area contributed by atoms with Gasteiger partial charge < -0.3 is 9.47 Å². The van der Waals surface area contributed by atoms with Crippen LogP contribution in [0.15, 0.2) is 0 Å². The highest BCUT2D eigenvalue weighted by atomic mass is 32.2. The first-order valence-corrected chi connectivity index (χ1v) is 8.02. The van der Waals surface area contributed by atoms with Gasteiger partial charge in [0, 0.05) is 6.54 Å². The number of esters is 2. The van der Waals surface area contributed by atoms with Gasteiger partial charge >= 0.3 is 11.9 Å². The van der Waals surface area contributed by atoms with E-state index in [0.717, 1.165) is 4.31 Å². The van der Waals surface area contributed by atoms with E-state index in [0.29, 0.717) is 19.3 Å². The molecule has 0 N–H and O–H groups in total. The van der Waals surface area contributed by atoms with Crippen molar-refractivity contribution >= 4 is 22.0 Å². The minimum absolute atomic E-state index is 0.155. The van der Waals surface area contributed by atoms with Crippen molar-refractivity contribution in [3.63, 3.8) is 0 Å². The summed E-state index contributed by atoms with van der Waals surface area (Å²) in [5.41, 5.74) is 0. The van der Waals surface area contributed by atoms with Gasteiger partial charge in [0.05, 0.1) is 25.4 Å². The first-order valence-electron chi connectivity index (χ1n) is 6.52. The monoisotopic (exact) mass is 307 g/mol. The van der Waals surface area contributed by atoms with Crippen LogP contribution in [-0.2, 0) is 29.1 Å². The molecule has 1 rings (SSSR count). The minimum Gasteiger partial charge on any atom is -0.469 e. The van der Waals surface area contributed by atoms with Gasteiger partial charge in [0.15, 0.2) is 0 Å². The lowest BCUT2D eigenvalue weighted by molar-refractivity contribution is -0.145. The Hall–Kier alpha value is -1.15. The Kier molecular flexibility index (Phi) is 5.94. The molecule has 0 aromatic heterocycles. The molecule has 1 saturated carbocycles. The van der Waals surface area contributed by atoms with Crippen LogP contribution in [0, 0.1) is 5.92 Å². The molecule has 0 spiro atoms. The van der Waals surface area contributed by atoms with E-state index in [2.05, 4.69) is 9.47 Å². The molecule has 0 aliphatic heterocycles. The number of nitrogens with zero attached hydrogens (tertiary/aromatic N) is 1. The number of methoxy groups -OCH3 is 2. The number of hydrogen-bond acceptors (Lipinski definition) is 6. The summed E-state index contributed by atoms with van der Waals surface area (Å²) in [6.45, 7) is 1.46. The van der Waals surface area contributed by atoms with Crippen molar-refractivity contribution in [3.05, 3.63) is 0 Å². The molecule has 116 valence electrons. The van der Waals surface area contributed by atoms with E-state index in [-0.39, 0.29) is 13.1 Å². The fourth-order valence-electron chi connectivity index (χ4n) is 2.49. The van der Waals surface area contributed by atoms with Gasteiger partial charge in [-0.1, -0.05) is 13.3 Å². The maximum atomic E-state index is 12.6. The highest BCUT2D eigenvalue weighted by Gasteiger charge is 2.44. The van der Waals surface area contributed by atoms with Crippen LogP contribution in [0.3, 0.4) is 0 Å². The smallest absolute Gasteiger partial charge is 0.321 e. The Morgan fingerprint density at radius 3 is 2.35 bits per heavy atom. The molecular weight excluding hydrogens is 286 g/mol. The number of carbonyl (C=O) groups is 2. The molecule has 0 radical (unpaired) electrons. The number of carbonyl (C=O) groups excluding carboxylic acids is 2. The third kappa shape index (κ3) is 3.49. The molecule has 7 nitrogen and oxygen atoms in total. The fraction of sp³-hybridized carbons (Fsp3) is 0.833. The van der Waals surface area contributed by atoms with Gasteiger partial charge in [-0.15, -0.1) is 0 Å². The molecule has 0 bridgehead atoms. The summed E-state index contributed by atoms with van der Waals surface area (Å²) in [5.74, 6) is -1.79. The maximum Gasteiger partial charge on any atom is 0.321 e. The van der Waals surface area contributed by atoms with E-state index in [9.17, 15) is 18.0 Å². The second kappa shape index (κ2) is 7.03. The van der Waals surface area contributed by atoms with Crippen molar-refractivity contribution in [3.8, 4) is 0 Å². The molecule has 1 aliphatic carbocycles. The van der Waals surface area contributed by atoms with Crippen LogP contribution in [0.25, 0.3) is 0 Å². The molecular formula is C12H21NO6S. The molecule has 8 heteroatoms. The number of ether oxygens (including phenoxy) is 2. The summed E-state index contributed by atoms with van der Waals surface area (Å²) >= 11 is 0. The van der Waals surface area contributed by atoms with Gasteiger partial charge in [-0.25, -0.2) is 8.42 Å². The van der Waals surface area contributed by atoms with Gasteiger partial charge in [0.2, 0.25) is 10.0 Å². The highest BCUT2D eigenvalue weighted by Crippen LogP contribution is 2.33. The summed E-state index contributed by atoms with van der Waals surface area (Å²) in [6.07, 6.45) is 1.55. The van der Waals surface area contributed by atoms with Gasteiger partial charge in [0.25, 0.3) is 0 Å². The third-order valence-corrected chi connectivity index (χ3v) is 6.02. The molecule has 2 unspecified atom stereocenters. The average molecular weight is 307 g/mol. The fourth-order valence-corrected chi connectivity index (χ4v) is 4.64. The van der Waals surface area contributed by atoms with Crippen molar-refractivity contribution in [1.29, 1.82) is 0 Å². The average Bonchev–Trinajstić information content (AvgIpc) is 2.93. The molecule has 0 aromatic rings. The number of likely N-dealkylation sites (N-methyl/N-ethyl adjacent to an activating group) is 1.